The minimum Gasteiger partial charge on any atom is -0.374 e. The molecule has 0 spiro atoms. The Hall–Kier alpha value is 1.42. The summed E-state index contributed by atoms with van der Waals surface area (Å²) in [5, 5.41) is 0. The van der Waals surface area contributed by atoms with Gasteiger partial charge in [0.15, 0.2) is 0 Å². The van der Waals surface area contributed by atoms with Gasteiger partial charge in [0.2, 0.25) is 0 Å². The van der Waals surface area contributed by atoms with Crippen molar-refractivity contribution in [1.82, 2.24) is 0 Å². The molecule has 0 aliphatic heterocycles. The van der Waals surface area contributed by atoms with Gasteiger partial charge in [-0.2, -0.15) is 0 Å². The summed E-state index contributed by atoms with van der Waals surface area (Å²) in [6, 6.07) is 0. The van der Waals surface area contributed by atoms with Crippen LogP contribution in [0.5, 0.6) is 0 Å². The van der Waals surface area contributed by atoms with E-state index in [1.54, 1.807) is 0 Å². The molecule has 9 heavy (non-hydrogen) atoms. The highest BCUT2D eigenvalue weighted by molar-refractivity contribution is 14.1. The molecule has 56 valence electrons. The summed E-state index contributed by atoms with van der Waals surface area (Å²) in [4.78, 5) is 0. The van der Waals surface area contributed by atoms with E-state index in [9.17, 15) is 0 Å². The lowest BCUT2D eigenvalue weighted by atomic mass is 10.4. The van der Waals surface area contributed by atoms with Crippen LogP contribution < -0.4 is 0 Å². The summed E-state index contributed by atoms with van der Waals surface area (Å²) in [5.74, 6) is 0. The molecular formula is C6H12I2O. The highest BCUT2D eigenvalue weighted by Crippen LogP contribution is 2.03. The molecule has 3 heteroatoms. The Morgan fingerprint density at radius 1 is 1.11 bits per heavy atom. The zero-order valence-corrected chi connectivity index (χ0v) is 10.0. The van der Waals surface area contributed by atoms with E-state index in [-0.39, 0.29) is 0 Å². The van der Waals surface area contributed by atoms with Crippen molar-refractivity contribution in [3.63, 3.8) is 0 Å². The SMILES string of the molecule is CC(CI)OC(C)CI. The van der Waals surface area contributed by atoms with Crippen molar-refractivity contribution in [3.05, 3.63) is 0 Å². The van der Waals surface area contributed by atoms with Crippen LogP contribution in [-0.2, 0) is 4.74 Å². The molecule has 0 aromatic heterocycles. The van der Waals surface area contributed by atoms with E-state index in [4.69, 9.17) is 4.74 Å². The van der Waals surface area contributed by atoms with Crippen LogP contribution in [0.3, 0.4) is 0 Å². The topological polar surface area (TPSA) is 9.23 Å². The zero-order chi connectivity index (χ0) is 7.28. The molecule has 2 unspecified atom stereocenters. The Labute approximate surface area is 84.2 Å². The molecule has 0 bridgehead atoms. The maximum Gasteiger partial charge on any atom is 0.0640 e. The second-order valence-corrected chi connectivity index (χ2v) is 3.83. The first-order valence-corrected chi connectivity index (χ1v) is 6.03. The van der Waals surface area contributed by atoms with Gasteiger partial charge in [0, 0.05) is 8.86 Å². The van der Waals surface area contributed by atoms with E-state index >= 15 is 0 Å². The van der Waals surface area contributed by atoms with Crippen LogP contribution in [0, 0.1) is 0 Å². The van der Waals surface area contributed by atoms with E-state index < -0.39 is 0 Å². The number of hydrogen-bond acceptors (Lipinski definition) is 1. The van der Waals surface area contributed by atoms with E-state index in [2.05, 4.69) is 59.0 Å². The van der Waals surface area contributed by atoms with Gasteiger partial charge in [-0.3, -0.25) is 0 Å². The fourth-order valence-corrected chi connectivity index (χ4v) is 0.885. The summed E-state index contributed by atoms with van der Waals surface area (Å²) >= 11 is 4.67. The maximum atomic E-state index is 5.53. The third-order valence-electron chi connectivity index (χ3n) is 0.899. The quantitative estimate of drug-likeness (QED) is 0.557. The summed E-state index contributed by atoms with van der Waals surface area (Å²) in [6.07, 6.45) is 0.825. The first kappa shape index (κ1) is 10.4. The molecule has 0 aromatic rings. The van der Waals surface area contributed by atoms with Gasteiger partial charge in [-0.05, 0) is 13.8 Å². The van der Waals surface area contributed by atoms with Crippen LogP contribution in [0.25, 0.3) is 0 Å². The van der Waals surface area contributed by atoms with Gasteiger partial charge in [-0.1, -0.05) is 45.2 Å². The summed E-state index contributed by atoms with van der Waals surface area (Å²) in [7, 11) is 0. The highest BCUT2D eigenvalue weighted by atomic mass is 127. The Kier molecular flexibility index (Phi) is 7.12. The Morgan fingerprint density at radius 2 is 1.44 bits per heavy atom. The molecule has 0 saturated heterocycles. The first-order chi connectivity index (χ1) is 4.20. The Bertz CT molecular complexity index is 60.1. The van der Waals surface area contributed by atoms with Crippen molar-refractivity contribution in [2.45, 2.75) is 26.1 Å². The maximum absolute atomic E-state index is 5.53. The molecule has 0 rings (SSSR count). The summed E-state index contributed by atoms with van der Waals surface area (Å²) < 4.78 is 7.70. The van der Waals surface area contributed by atoms with Crippen LogP contribution in [0.15, 0.2) is 0 Å². The zero-order valence-electron chi connectivity index (χ0n) is 5.73. The molecule has 0 fully saturated rings. The average Bonchev–Trinajstić information content (AvgIpc) is 1.87. The Morgan fingerprint density at radius 3 is 1.67 bits per heavy atom. The molecule has 0 N–H and O–H groups in total. The van der Waals surface area contributed by atoms with Gasteiger partial charge in [-0.25, -0.2) is 0 Å². The molecule has 0 aromatic carbocycles. The fourth-order valence-electron chi connectivity index (χ4n) is 0.469. The Balaban J connectivity index is 3.22. The van der Waals surface area contributed by atoms with Crippen molar-refractivity contribution in [3.8, 4) is 0 Å². The second-order valence-electron chi connectivity index (χ2n) is 2.07. The van der Waals surface area contributed by atoms with E-state index in [0.717, 1.165) is 8.86 Å². The van der Waals surface area contributed by atoms with Crippen LogP contribution in [0.2, 0.25) is 0 Å². The van der Waals surface area contributed by atoms with E-state index in [1.807, 2.05) is 0 Å². The van der Waals surface area contributed by atoms with Crippen molar-refractivity contribution in [2.75, 3.05) is 8.86 Å². The number of hydrogen-bond donors (Lipinski definition) is 0. The molecule has 0 radical (unpaired) electrons. The third kappa shape index (κ3) is 5.84. The van der Waals surface area contributed by atoms with Gasteiger partial charge >= 0.3 is 0 Å². The molecule has 0 heterocycles. The average molecular weight is 354 g/mol. The monoisotopic (exact) mass is 354 g/mol. The predicted octanol–water partition coefficient (Wildman–Crippen LogP) is 2.65. The van der Waals surface area contributed by atoms with Gasteiger partial charge in [-0.15, -0.1) is 0 Å². The molecule has 2 atom stereocenters. The van der Waals surface area contributed by atoms with Crippen molar-refractivity contribution in [1.29, 1.82) is 0 Å². The second kappa shape index (κ2) is 6.15. The summed E-state index contributed by atoms with van der Waals surface area (Å²) in [6.45, 7) is 4.21. The lowest BCUT2D eigenvalue weighted by Gasteiger charge is -2.14. The molecular weight excluding hydrogens is 342 g/mol. The molecule has 0 aliphatic carbocycles. The summed E-state index contributed by atoms with van der Waals surface area (Å²) in [5.41, 5.74) is 0. The molecule has 0 saturated carbocycles. The van der Waals surface area contributed by atoms with Crippen LogP contribution >= 0.6 is 45.2 Å². The van der Waals surface area contributed by atoms with Crippen LogP contribution in [-0.4, -0.2) is 21.1 Å². The standard InChI is InChI=1S/C6H12I2O/c1-5(3-7)9-6(2)4-8/h5-6H,3-4H2,1-2H3. The van der Waals surface area contributed by atoms with Crippen LogP contribution in [0.1, 0.15) is 13.8 Å². The van der Waals surface area contributed by atoms with Gasteiger partial charge in [0.05, 0.1) is 12.2 Å². The lowest BCUT2D eigenvalue weighted by molar-refractivity contribution is 0.0387. The number of halogens is 2. The lowest BCUT2D eigenvalue weighted by Crippen LogP contribution is -2.18. The predicted molar refractivity (Wildman–Crippen MR) is 57.8 cm³/mol. The minimum absolute atomic E-state index is 0.412. The van der Waals surface area contributed by atoms with Gasteiger partial charge in [0.1, 0.15) is 0 Å². The minimum atomic E-state index is 0.412. The molecule has 1 nitrogen and oxygen atoms in total. The number of alkyl halides is 2. The van der Waals surface area contributed by atoms with Crippen molar-refractivity contribution >= 4 is 45.2 Å². The van der Waals surface area contributed by atoms with Crippen molar-refractivity contribution < 1.29 is 4.74 Å². The first-order valence-electron chi connectivity index (χ1n) is 2.98. The normalized spacial score (nSPS) is 17.3. The van der Waals surface area contributed by atoms with Gasteiger partial charge in [0.25, 0.3) is 0 Å². The van der Waals surface area contributed by atoms with Crippen LogP contribution in [0.4, 0.5) is 0 Å². The molecule has 0 amide bonds. The van der Waals surface area contributed by atoms with Gasteiger partial charge < -0.3 is 4.74 Å². The highest BCUT2D eigenvalue weighted by Gasteiger charge is 2.04. The number of ether oxygens (including phenoxy) is 1. The fraction of sp³-hybridized carbons (Fsp3) is 1.00. The third-order valence-corrected chi connectivity index (χ3v) is 3.38. The van der Waals surface area contributed by atoms with E-state index in [0.29, 0.717) is 12.2 Å². The molecule has 0 aliphatic rings. The largest absolute Gasteiger partial charge is 0.374 e. The van der Waals surface area contributed by atoms with E-state index in [1.165, 1.54) is 0 Å². The van der Waals surface area contributed by atoms with Crippen molar-refractivity contribution in [2.24, 2.45) is 0 Å². The smallest absolute Gasteiger partial charge is 0.0640 e. The number of rotatable bonds is 4.